The van der Waals surface area contributed by atoms with E-state index in [0.29, 0.717) is 22.2 Å². The second-order valence-electron chi connectivity index (χ2n) is 5.66. The molecule has 0 unspecified atom stereocenters. The van der Waals surface area contributed by atoms with E-state index < -0.39 is 0 Å². The highest BCUT2D eigenvalue weighted by atomic mass is 14.7. The van der Waals surface area contributed by atoms with Crippen LogP contribution in [-0.4, -0.2) is 28.5 Å². The number of pyridine rings is 1. The lowest BCUT2D eigenvalue weighted by Gasteiger charge is -2.27. The highest BCUT2D eigenvalue weighted by Crippen LogP contribution is 2.19. The van der Waals surface area contributed by atoms with Crippen molar-refractivity contribution in [3.63, 3.8) is 0 Å². The molecule has 19 heavy (non-hydrogen) atoms. The van der Waals surface area contributed by atoms with E-state index in [2.05, 4.69) is 4.98 Å². The van der Waals surface area contributed by atoms with Gasteiger partial charge in [-0.25, -0.2) is 0 Å². The molecule has 4 heteroatoms. The largest absolute Gasteiger partial charge is 0.265 e. The Hall–Kier alpha value is -1.44. The molecule has 0 spiro atoms. The molecule has 0 saturated heterocycles. The van der Waals surface area contributed by atoms with Gasteiger partial charge in [-0.2, -0.15) is 0 Å². The first-order chi connectivity index (χ1) is 8.82. The summed E-state index contributed by atoms with van der Waals surface area (Å²) in [5.74, 6) is 0. The minimum atomic E-state index is -0.190. The van der Waals surface area contributed by atoms with Crippen molar-refractivity contribution in [3.05, 3.63) is 35.9 Å². The van der Waals surface area contributed by atoms with Gasteiger partial charge in [0.2, 0.25) is 0 Å². The fraction of sp³-hybridized carbons (Fsp3) is 0.267. The Labute approximate surface area is 119 Å². The quantitative estimate of drug-likeness (QED) is 0.659. The Morgan fingerprint density at radius 1 is 0.895 bits per heavy atom. The summed E-state index contributed by atoms with van der Waals surface area (Å²) in [7, 11) is 18.4. The monoisotopic (exact) mass is 241 g/mol. The molecular formula is C15H14B3N. The summed E-state index contributed by atoms with van der Waals surface area (Å²) in [6, 6.07) is 9.68. The van der Waals surface area contributed by atoms with E-state index in [-0.39, 0.29) is 5.41 Å². The zero-order valence-electron chi connectivity index (χ0n) is 11.6. The Morgan fingerprint density at radius 3 is 2.00 bits per heavy atom. The number of hydrogen-bond donors (Lipinski definition) is 0. The molecule has 0 fully saturated rings. The Bertz CT molecular complexity index is 601. The van der Waals surface area contributed by atoms with Crippen LogP contribution >= 0.6 is 0 Å². The van der Waals surface area contributed by atoms with Crippen molar-refractivity contribution >= 4 is 40.1 Å². The summed E-state index contributed by atoms with van der Waals surface area (Å²) in [6.07, 6.45) is 0. The first-order valence-corrected chi connectivity index (χ1v) is 6.22. The highest BCUT2D eigenvalue weighted by Gasteiger charge is 2.21. The number of aromatic nitrogens is 1. The van der Waals surface area contributed by atoms with E-state index in [1.807, 2.05) is 51.1 Å². The van der Waals surface area contributed by atoms with Crippen molar-refractivity contribution in [2.45, 2.75) is 26.2 Å². The van der Waals surface area contributed by atoms with Crippen molar-refractivity contribution in [3.8, 4) is 11.3 Å². The summed E-state index contributed by atoms with van der Waals surface area (Å²) < 4.78 is 0. The predicted molar refractivity (Wildman–Crippen MR) is 84.5 cm³/mol. The van der Waals surface area contributed by atoms with Crippen LogP contribution in [0.4, 0.5) is 0 Å². The molecule has 2 rings (SSSR count). The van der Waals surface area contributed by atoms with E-state index in [4.69, 9.17) is 23.5 Å². The van der Waals surface area contributed by atoms with E-state index in [0.717, 1.165) is 11.1 Å². The lowest BCUT2D eigenvalue weighted by molar-refractivity contribution is 0.596. The Balaban J connectivity index is 2.69. The average molecular weight is 241 g/mol. The summed E-state index contributed by atoms with van der Waals surface area (Å²) >= 11 is 0. The maximum atomic E-state index is 6.16. The van der Waals surface area contributed by atoms with E-state index in [9.17, 15) is 0 Å². The third-order valence-electron chi connectivity index (χ3n) is 3.10. The zero-order chi connectivity index (χ0) is 14.2. The first-order valence-electron chi connectivity index (χ1n) is 6.22. The second-order valence-corrected chi connectivity index (χ2v) is 5.66. The molecule has 0 atom stereocenters. The van der Waals surface area contributed by atoms with E-state index >= 15 is 0 Å². The van der Waals surface area contributed by atoms with Crippen LogP contribution in [-0.2, 0) is 5.41 Å². The van der Waals surface area contributed by atoms with Crippen molar-refractivity contribution in [1.29, 1.82) is 0 Å². The normalized spacial score (nSPS) is 11.5. The van der Waals surface area contributed by atoms with Gasteiger partial charge in [0.1, 0.15) is 23.5 Å². The van der Waals surface area contributed by atoms with Gasteiger partial charge in [-0.3, -0.25) is 4.98 Å². The number of benzene rings is 1. The molecule has 1 aromatic heterocycles. The van der Waals surface area contributed by atoms with Gasteiger partial charge in [0.25, 0.3) is 0 Å². The smallest absolute Gasteiger partial charge is 0.142 e. The number of hydrogen-bond acceptors (Lipinski definition) is 1. The molecule has 1 nitrogen and oxygen atoms in total. The van der Waals surface area contributed by atoms with Crippen LogP contribution in [0.15, 0.2) is 30.3 Å². The SMILES string of the molecule is [B]c1nc(-c2ccccc2)c([B])c([B])c1C(C)(C)C. The molecule has 0 N–H and O–H groups in total. The minimum absolute atomic E-state index is 0.190. The number of rotatable bonds is 1. The lowest BCUT2D eigenvalue weighted by Crippen LogP contribution is -2.43. The Morgan fingerprint density at radius 2 is 1.47 bits per heavy atom. The van der Waals surface area contributed by atoms with Gasteiger partial charge in [0.05, 0.1) is 5.69 Å². The van der Waals surface area contributed by atoms with Crippen LogP contribution in [0.1, 0.15) is 26.3 Å². The number of nitrogens with zero attached hydrogens (tertiary/aromatic N) is 1. The summed E-state index contributed by atoms with van der Waals surface area (Å²) in [5.41, 5.74) is 3.64. The van der Waals surface area contributed by atoms with Crippen LogP contribution in [0.3, 0.4) is 0 Å². The summed E-state index contributed by atoms with van der Waals surface area (Å²) in [4.78, 5) is 4.44. The fourth-order valence-corrected chi connectivity index (χ4v) is 2.24. The molecule has 0 saturated carbocycles. The van der Waals surface area contributed by atoms with Gasteiger partial charge < -0.3 is 0 Å². The van der Waals surface area contributed by atoms with Crippen LogP contribution in [0.2, 0.25) is 0 Å². The first kappa shape index (κ1) is 14.0. The summed E-state index contributed by atoms with van der Waals surface area (Å²) in [5, 5.41) is 0. The van der Waals surface area contributed by atoms with Crippen LogP contribution in [0.25, 0.3) is 11.3 Å². The van der Waals surface area contributed by atoms with Gasteiger partial charge in [-0.1, -0.05) is 62.0 Å². The molecule has 6 radical (unpaired) electrons. The second kappa shape index (κ2) is 4.92. The molecule has 1 heterocycles. The third kappa shape index (κ3) is 2.63. The molecule has 88 valence electrons. The van der Waals surface area contributed by atoms with Crippen molar-refractivity contribution in [1.82, 2.24) is 4.98 Å². The highest BCUT2D eigenvalue weighted by molar-refractivity contribution is 6.52. The molecule has 1 aromatic carbocycles. The van der Waals surface area contributed by atoms with Gasteiger partial charge in [-0.05, 0) is 22.1 Å². The molecule has 0 aliphatic heterocycles. The minimum Gasteiger partial charge on any atom is -0.265 e. The predicted octanol–water partition coefficient (Wildman–Crippen LogP) is 0.427. The maximum Gasteiger partial charge on any atom is 0.142 e. The standard InChI is InChI=1S/C15H14B3N/c1-15(2,3)10-11(16)12(17)13(19-14(10)18)9-7-5-4-6-8-9/h4-8H,1-3H3. The molecule has 0 bridgehead atoms. The molecular weight excluding hydrogens is 227 g/mol. The molecule has 0 amide bonds. The average Bonchev–Trinajstić information content (AvgIpc) is 2.33. The molecule has 0 aliphatic rings. The van der Waals surface area contributed by atoms with Gasteiger partial charge in [-0.15, -0.1) is 0 Å². The van der Waals surface area contributed by atoms with Gasteiger partial charge in [0, 0.05) is 0 Å². The fourth-order valence-electron chi connectivity index (χ4n) is 2.24. The Kier molecular flexibility index (Phi) is 3.62. The third-order valence-corrected chi connectivity index (χ3v) is 3.10. The van der Waals surface area contributed by atoms with E-state index in [1.54, 1.807) is 0 Å². The molecule has 0 aliphatic carbocycles. The van der Waals surface area contributed by atoms with E-state index in [1.165, 1.54) is 0 Å². The van der Waals surface area contributed by atoms with Gasteiger partial charge in [0.15, 0.2) is 0 Å². The topological polar surface area (TPSA) is 12.9 Å². The van der Waals surface area contributed by atoms with Crippen molar-refractivity contribution < 1.29 is 0 Å². The van der Waals surface area contributed by atoms with Crippen molar-refractivity contribution in [2.75, 3.05) is 0 Å². The summed E-state index contributed by atoms with van der Waals surface area (Å²) in [6.45, 7) is 6.12. The van der Waals surface area contributed by atoms with Gasteiger partial charge >= 0.3 is 0 Å². The lowest BCUT2D eigenvalue weighted by atomic mass is 9.67. The zero-order valence-corrected chi connectivity index (χ0v) is 11.6. The van der Waals surface area contributed by atoms with Crippen LogP contribution in [0, 0.1) is 0 Å². The van der Waals surface area contributed by atoms with Crippen LogP contribution in [0.5, 0.6) is 0 Å². The molecule has 2 aromatic rings. The van der Waals surface area contributed by atoms with Crippen molar-refractivity contribution in [2.24, 2.45) is 0 Å². The van der Waals surface area contributed by atoms with Crippen LogP contribution < -0.4 is 16.5 Å². The maximum absolute atomic E-state index is 6.16.